The van der Waals surface area contributed by atoms with Crippen LogP contribution in [0.1, 0.15) is 0 Å². The van der Waals surface area contributed by atoms with E-state index in [1.54, 1.807) is 0 Å². The Hall–Kier alpha value is 0.699. The predicted molar refractivity (Wildman–Crippen MR) is 38.8 cm³/mol. The average molecular weight is 333 g/mol. The van der Waals surface area contributed by atoms with Crippen LogP contribution in [0.15, 0.2) is 0 Å². The van der Waals surface area contributed by atoms with Crippen LogP contribution in [0.3, 0.4) is 0 Å². The van der Waals surface area contributed by atoms with E-state index in [0.717, 1.165) is 0 Å². The third kappa shape index (κ3) is 6.70. The molecule has 0 saturated heterocycles. The summed E-state index contributed by atoms with van der Waals surface area (Å²) in [5.74, 6) is 5.63. The van der Waals surface area contributed by atoms with Gasteiger partial charge in [0, 0.05) is 0 Å². The van der Waals surface area contributed by atoms with Gasteiger partial charge in [-0.15, -0.1) is 0 Å². The Morgan fingerprint density at radius 2 is 1.25 bits per heavy atom. The molecule has 0 rings (SSSR count). The molecule has 0 saturated carbocycles. The van der Waals surface area contributed by atoms with E-state index in [2.05, 4.69) is 29.7 Å². The van der Waals surface area contributed by atoms with Gasteiger partial charge in [-0.3, -0.25) is 0 Å². The van der Waals surface area contributed by atoms with Crippen molar-refractivity contribution < 1.29 is 0 Å². The van der Waals surface area contributed by atoms with Crippen LogP contribution in [0.2, 0.25) is 9.94 Å². The monoisotopic (exact) mass is 338 g/mol. The Labute approximate surface area is 71.0 Å². The van der Waals surface area contributed by atoms with E-state index in [-0.39, 0.29) is 41.8 Å². The minimum absolute atomic E-state index is 0.000505. The number of hydrogen-bond acceptors (Lipinski definition) is 0. The normalized spacial score (nSPS) is 5.75. The molecule has 0 unspecified atom stereocenters. The summed E-state index contributed by atoms with van der Waals surface area (Å²) in [5, 5.41) is 0. The molecule has 0 nitrogen and oxygen atoms in total. The fraction of sp³-hybridized carbons (Fsp3) is 0.333. The van der Waals surface area contributed by atoms with E-state index < -0.39 is 0 Å². The molecule has 0 heterocycles. The molecule has 0 aliphatic carbocycles. The first kappa shape index (κ1) is 8.70. The molecule has 0 aromatic rings. The SMILES string of the molecule is C[Te]C#CC#C[Te]C. The van der Waals surface area contributed by atoms with Gasteiger partial charge >= 0.3 is 71.6 Å². The molecule has 0 radical (unpaired) electrons. The summed E-state index contributed by atoms with van der Waals surface area (Å²) in [6.45, 7) is 0. The maximum atomic E-state index is 3.01. The van der Waals surface area contributed by atoms with Crippen molar-refractivity contribution in [2.24, 2.45) is 0 Å². The van der Waals surface area contributed by atoms with Gasteiger partial charge in [-0.25, -0.2) is 0 Å². The van der Waals surface area contributed by atoms with Gasteiger partial charge in [0.05, 0.1) is 0 Å². The Bertz CT molecular complexity index is 131. The van der Waals surface area contributed by atoms with Crippen molar-refractivity contribution in [1.29, 1.82) is 0 Å². The van der Waals surface area contributed by atoms with Crippen LogP contribution in [-0.2, 0) is 0 Å². The van der Waals surface area contributed by atoms with Crippen LogP contribution in [0, 0.1) is 19.8 Å². The average Bonchev–Trinajstić information content (AvgIpc) is 1.81. The topological polar surface area (TPSA) is 0 Å². The number of rotatable bonds is 0. The maximum absolute atomic E-state index is 3.01. The predicted octanol–water partition coefficient (Wildman–Crippen LogP) is 0.413. The van der Waals surface area contributed by atoms with Crippen LogP contribution < -0.4 is 0 Å². The van der Waals surface area contributed by atoms with E-state index in [1.165, 1.54) is 0 Å². The Kier molecular flexibility index (Phi) is 8.37. The van der Waals surface area contributed by atoms with Crippen molar-refractivity contribution in [1.82, 2.24) is 0 Å². The summed E-state index contributed by atoms with van der Waals surface area (Å²) in [7, 11) is 0. The Balaban J connectivity index is 3.40. The van der Waals surface area contributed by atoms with Gasteiger partial charge < -0.3 is 0 Å². The molecule has 0 amide bonds. The molecule has 0 N–H and O–H groups in total. The summed E-state index contributed by atoms with van der Waals surface area (Å²) < 4.78 is 6.02. The molecule has 0 atom stereocenters. The van der Waals surface area contributed by atoms with Crippen molar-refractivity contribution >= 4 is 41.8 Å². The van der Waals surface area contributed by atoms with E-state index in [0.29, 0.717) is 0 Å². The molecule has 2 heteroatoms. The number of hydrogen-bond donors (Lipinski definition) is 0. The zero-order valence-electron chi connectivity index (χ0n) is 4.82. The summed E-state index contributed by atoms with van der Waals surface area (Å²) in [4.78, 5) is 4.31. The minimum atomic E-state index is -0.000505. The van der Waals surface area contributed by atoms with E-state index in [9.17, 15) is 0 Å². The van der Waals surface area contributed by atoms with Crippen molar-refractivity contribution in [3.8, 4) is 19.8 Å². The van der Waals surface area contributed by atoms with Gasteiger partial charge in [0.1, 0.15) is 0 Å². The van der Waals surface area contributed by atoms with Gasteiger partial charge in [0.2, 0.25) is 0 Å². The second kappa shape index (κ2) is 7.70. The molecule has 0 bridgehead atoms. The van der Waals surface area contributed by atoms with Crippen LogP contribution in [0.5, 0.6) is 0 Å². The van der Waals surface area contributed by atoms with Gasteiger partial charge in [-0.05, 0) is 0 Å². The van der Waals surface area contributed by atoms with E-state index in [1.807, 2.05) is 0 Å². The van der Waals surface area contributed by atoms with Gasteiger partial charge in [0.25, 0.3) is 0 Å². The first-order valence-corrected chi connectivity index (χ1v) is 8.97. The van der Waals surface area contributed by atoms with Crippen molar-refractivity contribution in [3.63, 3.8) is 0 Å². The molecule has 0 spiro atoms. The van der Waals surface area contributed by atoms with Crippen LogP contribution in [-0.4, -0.2) is 41.8 Å². The molecular weight excluding hydrogens is 327 g/mol. The first-order valence-electron chi connectivity index (χ1n) is 1.97. The Morgan fingerprint density at radius 1 is 0.875 bits per heavy atom. The first-order chi connectivity index (χ1) is 3.91. The van der Waals surface area contributed by atoms with Crippen LogP contribution in [0.4, 0.5) is 0 Å². The van der Waals surface area contributed by atoms with E-state index in [4.69, 9.17) is 0 Å². The molecule has 0 aromatic heterocycles. The van der Waals surface area contributed by atoms with Crippen molar-refractivity contribution in [2.45, 2.75) is 9.94 Å². The molecular formula is C6H6Te2. The molecule has 8 heavy (non-hydrogen) atoms. The molecule has 0 aliphatic rings. The fourth-order valence-corrected chi connectivity index (χ4v) is 1.03. The van der Waals surface area contributed by atoms with Crippen LogP contribution >= 0.6 is 0 Å². The van der Waals surface area contributed by atoms with Crippen LogP contribution in [0.25, 0.3) is 0 Å². The molecule has 0 aromatic carbocycles. The third-order valence-corrected chi connectivity index (χ3v) is 2.12. The van der Waals surface area contributed by atoms with Crippen molar-refractivity contribution in [3.05, 3.63) is 0 Å². The van der Waals surface area contributed by atoms with E-state index >= 15 is 0 Å². The zero-order chi connectivity index (χ0) is 6.24. The second-order valence-electron chi connectivity index (χ2n) is 0.862. The summed E-state index contributed by atoms with van der Waals surface area (Å²) in [6, 6.07) is 0. The summed E-state index contributed by atoms with van der Waals surface area (Å²) in [5.41, 5.74) is 0. The van der Waals surface area contributed by atoms with Crippen molar-refractivity contribution in [2.75, 3.05) is 0 Å². The zero-order valence-corrected chi connectivity index (χ0v) is 9.48. The quantitative estimate of drug-likeness (QED) is 0.445. The standard InChI is InChI=1S/C6H6Te2/c1-7-5-3-4-6-8-2/h1-2H3. The fourth-order valence-electron chi connectivity index (χ4n) is 0.153. The third-order valence-electron chi connectivity index (χ3n) is 0.369. The summed E-state index contributed by atoms with van der Waals surface area (Å²) >= 11 is -0.00101. The Morgan fingerprint density at radius 3 is 1.50 bits per heavy atom. The molecule has 0 fully saturated rings. The second-order valence-corrected chi connectivity index (χ2v) is 4.36. The van der Waals surface area contributed by atoms with Gasteiger partial charge in [-0.2, -0.15) is 0 Å². The van der Waals surface area contributed by atoms with Gasteiger partial charge in [0.15, 0.2) is 0 Å². The molecule has 42 valence electrons. The van der Waals surface area contributed by atoms with Gasteiger partial charge in [-0.1, -0.05) is 0 Å². The molecule has 0 aliphatic heterocycles. The summed E-state index contributed by atoms with van der Waals surface area (Å²) in [6.07, 6.45) is 0.